The lowest BCUT2D eigenvalue weighted by Gasteiger charge is -1.93. The predicted octanol–water partition coefficient (Wildman–Crippen LogP) is 2.14. The lowest BCUT2D eigenvalue weighted by atomic mass is 10.1. The molecule has 0 fully saturated rings. The number of fused-ring (bicyclic) bond motifs is 1. The maximum absolute atomic E-state index is 10.8. The monoisotopic (exact) mass is 192 g/mol. The van der Waals surface area contributed by atoms with Gasteiger partial charge in [0.25, 0.3) is 5.95 Å². The van der Waals surface area contributed by atoms with Crippen molar-refractivity contribution >= 4 is 16.9 Å². The van der Waals surface area contributed by atoms with Crippen molar-refractivity contribution in [2.75, 3.05) is 7.11 Å². The van der Waals surface area contributed by atoms with Crippen molar-refractivity contribution < 1.29 is 19.1 Å². The summed E-state index contributed by atoms with van der Waals surface area (Å²) in [5, 5.41) is 9.43. The Hall–Kier alpha value is -1.97. The summed E-state index contributed by atoms with van der Waals surface area (Å²) >= 11 is 0. The average molecular weight is 192 g/mol. The molecule has 72 valence electrons. The lowest BCUT2D eigenvalue weighted by molar-refractivity contribution is 0.0699. The van der Waals surface area contributed by atoms with Crippen molar-refractivity contribution in [1.29, 1.82) is 0 Å². The van der Waals surface area contributed by atoms with Gasteiger partial charge in [0.1, 0.15) is 5.58 Å². The molecule has 1 aromatic carbocycles. The van der Waals surface area contributed by atoms with Gasteiger partial charge in [-0.2, -0.15) is 0 Å². The van der Waals surface area contributed by atoms with Crippen molar-refractivity contribution in [3.63, 3.8) is 0 Å². The summed E-state index contributed by atoms with van der Waals surface area (Å²) in [5.74, 6) is -0.659. The molecule has 0 bridgehead atoms. The Bertz CT molecular complexity index is 484. The van der Waals surface area contributed by atoms with Gasteiger partial charge >= 0.3 is 5.97 Å². The molecule has 1 N–H and O–H groups in total. The van der Waals surface area contributed by atoms with Crippen molar-refractivity contribution in [3.05, 3.63) is 29.8 Å². The summed E-state index contributed by atoms with van der Waals surface area (Å²) in [5.41, 5.74) is 0.733. The van der Waals surface area contributed by atoms with E-state index in [0.29, 0.717) is 16.9 Å². The minimum absolute atomic E-state index is 0.217. The van der Waals surface area contributed by atoms with Crippen molar-refractivity contribution in [2.24, 2.45) is 0 Å². The molecule has 1 heterocycles. The second-order valence-corrected chi connectivity index (χ2v) is 2.79. The van der Waals surface area contributed by atoms with Crippen LogP contribution in [0.15, 0.2) is 28.7 Å². The molecule has 0 saturated heterocycles. The fourth-order valence-corrected chi connectivity index (χ4v) is 1.32. The molecule has 0 spiro atoms. The van der Waals surface area contributed by atoms with Gasteiger partial charge < -0.3 is 14.3 Å². The number of ether oxygens (including phenoxy) is 1. The molecule has 0 atom stereocenters. The van der Waals surface area contributed by atoms with Gasteiger partial charge in [-0.05, 0) is 12.1 Å². The van der Waals surface area contributed by atoms with E-state index in [1.165, 1.54) is 13.2 Å². The van der Waals surface area contributed by atoms with Gasteiger partial charge in [0, 0.05) is 11.5 Å². The summed E-state index contributed by atoms with van der Waals surface area (Å²) in [6, 6.07) is 6.43. The highest BCUT2D eigenvalue weighted by Crippen LogP contribution is 2.27. The Balaban J connectivity index is 2.73. The van der Waals surface area contributed by atoms with E-state index in [0.717, 1.165) is 0 Å². The van der Waals surface area contributed by atoms with Gasteiger partial charge in [0.15, 0.2) is 0 Å². The van der Waals surface area contributed by atoms with Crippen LogP contribution in [0.3, 0.4) is 0 Å². The average Bonchev–Trinajstić information content (AvgIpc) is 2.59. The van der Waals surface area contributed by atoms with Gasteiger partial charge in [-0.3, -0.25) is 0 Å². The lowest BCUT2D eigenvalue weighted by Crippen LogP contribution is -1.95. The van der Waals surface area contributed by atoms with Crippen LogP contribution in [0.2, 0.25) is 0 Å². The molecule has 2 rings (SSSR count). The molecule has 0 radical (unpaired) electrons. The van der Waals surface area contributed by atoms with Gasteiger partial charge in [0.2, 0.25) is 0 Å². The zero-order valence-corrected chi connectivity index (χ0v) is 7.48. The molecular weight excluding hydrogens is 184 g/mol. The first-order valence-corrected chi connectivity index (χ1v) is 4.02. The zero-order chi connectivity index (χ0) is 10.1. The van der Waals surface area contributed by atoms with E-state index in [2.05, 4.69) is 0 Å². The van der Waals surface area contributed by atoms with E-state index in [4.69, 9.17) is 14.3 Å². The molecule has 0 aliphatic carbocycles. The third-order valence-electron chi connectivity index (χ3n) is 1.97. The third kappa shape index (κ3) is 1.21. The van der Waals surface area contributed by atoms with Crippen molar-refractivity contribution in [1.82, 2.24) is 0 Å². The van der Waals surface area contributed by atoms with E-state index in [1.54, 1.807) is 18.2 Å². The highest BCUT2D eigenvalue weighted by Gasteiger charge is 2.12. The number of carboxylic acids is 1. The van der Waals surface area contributed by atoms with E-state index < -0.39 is 5.97 Å². The molecule has 4 nitrogen and oxygen atoms in total. The largest absolute Gasteiger partial charge is 0.478 e. The van der Waals surface area contributed by atoms with Crippen LogP contribution in [-0.4, -0.2) is 18.2 Å². The number of methoxy groups -OCH3 is 1. The molecular formula is C10H8O4. The number of carbonyl (C=O) groups is 1. The van der Waals surface area contributed by atoms with E-state index in [1.807, 2.05) is 0 Å². The number of hydrogen-bond donors (Lipinski definition) is 1. The van der Waals surface area contributed by atoms with Gasteiger partial charge in [0.05, 0.1) is 12.7 Å². The Kier molecular flexibility index (Phi) is 1.89. The second-order valence-electron chi connectivity index (χ2n) is 2.79. The van der Waals surface area contributed by atoms with Crippen LogP contribution in [0.4, 0.5) is 0 Å². The van der Waals surface area contributed by atoms with Crippen molar-refractivity contribution in [2.45, 2.75) is 0 Å². The summed E-state index contributed by atoms with van der Waals surface area (Å²) in [7, 11) is 1.47. The van der Waals surface area contributed by atoms with Crippen LogP contribution in [0, 0.1) is 0 Å². The topological polar surface area (TPSA) is 59.7 Å². The quantitative estimate of drug-likeness (QED) is 0.791. The highest BCUT2D eigenvalue weighted by molar-refractivity contribution is 6.02. The number of hydrogen-bond acceptors (Lipinski definition) is 3. The van der Waals surface area contributed by atoms with Gasteiger partial charge in [-0.25, -0.2) is 4.79 Å². The second kappa shape index (κ2) is 3.06. The first-order valence-electron chi connectivity index (χ1n) is 4.02. The SMILES string of the molecule is COc1cc2c(C(=O)O)cccc2o1. The molecule has 0 amide bonds. The number of rotatable bonds is 2. The van der Waals surface area contributed by atoms with E-state index in [9.17, 15) is 4.79 Å². The van der Waals surface area contributed by atoms with Crippen LogP contribution in [0.1, 0.15) is 10.4 Å². The van der Waals surface area contributed by atoms with Gasteiger partial charge in [-0.1, -0.05) is 6.07 Å². The first kappa shape index (κ1) is 8.62. The number of aromatic carboxylic acids is 1. The highest BCUT2D eigenvalue weighted by atomic mass is 16.6. The standard InChI is InChI=1S/C10H8O4/c1-13-9-5-7-6(10(11)12)3-2-4-8(7)14-9/h2-5H,1H3,(H,11,12). The minimum atomic E-state index is -0.973. The fraction of sp³-hybridized carbons (Fsp3) is 0.100. The number of carboxylic acid groups (broad SMARTS) is 1. The Morgan fingerprint density at radius 2 is 2.29 bits per heavy atom. The molecule has 0 aliphatic rings. The fourth-order valence-electron chi connectivity index (χ4n) is 1.32. The first-order chi connectivity index (χ1) is 6.72. The summed E-state index contributed by atoms with van der Waals surface area (Å²) in [6.07, 6.45) is 0. The molecule has 2 aromatic rings. The molecule has 0 aliphatic heterocycles. The molecule has 0 unspecified atom stereocenters. The van der Waals surface area contributed by atoms with Crippen LogP contribution in [0.25, 0.3) is 11.0 Å². The minimum Gasteiger partial charge on any atom is -0.478 e. The smallest absolute Gasteiger partial charge is 0.336 e. The molecule has 4 heteroatoms. The number of benzene rings is 1. The zero-order valence-electron chi connectivity index (χ0n) is 7.48. The number of furan rings is 1. The summed E-state index contributed by atoms with van der Waals surface area (Å²) in [4.78, 5) is 10.8. The Labute approximate surface area is 79.7 Å². The van der Waals surface area contributed by atoms with Crippen LogP contribution >= 0.6 is 0 Å². The Morgan fingerprint density at radius 3 is 2.93 bits per heavy atom. The maximum Gasteiger partial charge on any atom is 0.336 e. The predicted molar refractivity (Wildman–Crippen MR) is 49.7 cm³/mol. The summed E-state index contributed by atoms with van der Waals surface area (Å²) in [6.45, 7) is 0. The normalized spacial score (nSPS) is 10.4. The van der Waals surface area contributed by atoms with E-state index >= 15 is 0 Å². The van der Waals surface area contributed by atoms with Crippen LogP contribution in [0.5, 0.6) is 5.95 Å². The van der Waals surface area contributed by atoms with Crippen LogP contribution < -0.4 is 4.74 Å². The van der Waals surface area contributed by atoms with Crippen molar-refractivity contribution in [3.8, 4) is 5.95 Å². The van der Waals surface area contributed by atoms with E-state index in [-0.39, 0.29) is 5.56 Å². The van der Waals surface area contributed by atoms with Gasteiger partial charge in [-0.15, -0.1) is 0 Å². The molecule has 1 aromatic heterocycles. The molecule has 0 saturated carbocycles. The molecule has 14 heavy (non-hydrogen) atoms. The summed E-state index contributed by atoms with van der Waals surface area (Å²) < 4.78 is 10.1. The Morgan fingerprint density at radius 1 is 1.50 bits per heavy atom. The third-order valence-corrected chi connectivity index (χ3v) is 1.97. The van der Waals surface area contributed by atoms with Crippen LogP contribution in [-0.2, 0) is 0 Å². The maximum atomic E-state index is 10.8.